The summed E-state index contributed by atoms with van der Waals surface area (Å²) in [7, 11) is 1.51. The molecule has 5 nitrogen and oxygen atoms in total. The standard InChI is InChI=1S/C19H18F3NO4/c1-27-12-14-3-2-4-15(9-14)18(26)23(11-17(24)25)10-13-5-7-16(8-6-13)19(20,21)22/h2-9H,10-12H2,1H3,(H,24,25). The molecule has 0 aliphatic rings. The lowest BCUT2D eigenvalue weighted by Crippen LogP contribution is -2.35. The summed E-state index contributed by atoms with van der Waals surface area (Å²) in [5.74, 6) is -1.75. The molecule has 2 rings (SSSR count). The molecular weight excluding hydrogens is 363 g/mol. The van der Waals surface area contributed by atoms with E-state index in [1.165, 1.54) is 19.2 Å². The zero-order valence-corrected chi connectivity index (χ0v) is 14.5. The Hall–Kier alpha value is -2.87. The molecule has 0 fully saturated rings. The number of nitrogens with zero attached hydrogens (tertiary/aromatic N) is 1. The summed E-state index contributed by atoms with van der Waals surface area (Å²) in [6.07, 6.45) is -4.46. The number of rotatable bonds is 7. The van der Waals surface area contributed by atoms with Crippen LogP contribution in [0.2, 0.25) is 0 Å². The smallest absolute Gasteiger partial charge is 0.416 e. The maximum Gasteiger partial charge on any atom is 0.416 e. The number of benzene rings is 2. The van der Waals surface area contributed by atoms with E-state index in [1.54, 1.807) is 24.3 Å². The Labute approximate surface area is 154 Å². The van der Waals surface area contributed by atoms with Crippen molar-refractivity contribution in [3.8, 4) is 0 Å². The van der Waals surface area contributed by atoms with E-state index in [2.05, 4.69) is 0 Å². The molecule has 0 atom stereocenters. The molecule has 0 heterocycles. The van der Waals surface area contributed by atoms with E-state index in [9.17, 15) is 22.8 Å². The Morgan fingerprint density at radius 3 is 2.30 bits per heavy atom. The van der Waals surface area contributed by atoms with Crippen LogP contribution in [0.5, 0.6) is 0 Å². The summed E-state index contributed by atoms with van der Waals surface area (Å²) < 4.78 is 43.0. The summed E-state index contributed by atoms with van der Waals surface area (Å²) in [5.41, 5.74) is 0.603. The summed E-state index contributed by atoms with van der Waals surface area (Å²) in [6.45, 7) is -0.412. The van der Waals surface area contributed by atoms with Gasteiger partial charge in [0.1, 0.15) is 6.54 Å². The van der Waals surface area contributed by atoms with Crippen LogP contribution in [0, 0.1) is 0 Å². The van der Waals surface area contributed by atoms with Gasteiger partial charge in [-0.25, -0.2) is 0 Å². The lowest BCUT2D eigenvalue weighted by Gasteiger charge is -2.21. The zero-order valence-electron chi connectivity index (χ0n) is 14.5. The Balaban J connectivity index is 2.23. The SMILES string of the molecule is COCc1cccc(C(=O)N(CC(=O)O)Cc2ccc(C(F)(F)F)cc2)c1. The van der Waals surface area contributed by atoms with Crippen molar-refractivity contribution >= 4 is 11.9 Å². The number of hydrogen-bond acceptors (Lipinski definition) is 3. The van der Waals surface area contributed by atoms with Crippen molar-refractivity contribution in [3.05, 3.63) is 70.8 Å². The fraction of sp³-hybridized carbons (Fsp3) is 0.263. The molecule has 2 aromatic rings. The fourth-order valence-electron chi connectivity index (χ4n) is 2.53. The highest BCUT2D eigenvalue weighted by atomic mass is 19.4. The summed E-state index contributed by atoms with van der Waals surface area (Å²) in [6, 6.07) is 10.8. The van der Waals surface area contributed by atoms with Crippen LogP contribution < -0.4 is 0 Å². The number of carboxylic acids is 1. The maximum absolute atomic E-state index is 12.7. The Morgan fingerprint density at radius 2 is 1.74 bits per heavy atom. The molecular formula is C19H18F3NO4. The molecule has 0 aliphatic heterocycles. The maximum atomic E-state index is 12.7. The minimum absolute atomic E-state index is 0.127. The van der Waals surface area contributed by atoms with E-state index in [4.69, 9.17) is 9.84 Å². The van der Waals surface area contributed by atoms with Crippen LogP contribution in [-0.2, 0) is 28.9 Å². The van der Waals surface area contributed by atoms with Crippen LogP contribution in [0.3, 0.4) is 0 Å². The lowest BCUT2D eigenvalue weighted by atomic mass is 10.1. The van der Waals surface area contributed by atoms with Crippen LogP contribution in [-0.4, -0.2) is 35.5 Å². The number of carbonyl (C=O) groups is 2. The van der Waals surface area contributed by atoms with Crippen molar-refractivity contribution in [2.75, 3.05) is 13.7 Å². The van der Waals surface area contributed by atoms with Crippen LogP contribution >= 0.6 is 0 Å². The second-order valence-corrected chi connectivity index (χ2v) is 5.88. The normalized spacial score (nSPS) is 11.3. The first-order valence-electron chi connectivity index (χ1n) is 7.96. The van der Waals surface area contributed by atoms with E-state index in [-0.39, 0.29) is 12.1 Å². The highest BCUT2D eigenvalue weighted by Crippen LogP contribution is 2.29. The van der Waals surface area contributed by atoms with Gasteiger partial charge < -0.3 is 14.7 Å². The van der Waals surface area contributed by atoms with Crippen LogP contribution in [0.1, 0.15) is 27.0 Å². The number of carboxylic acid groups (broad SMARTS) is 1. The van der Waals surface area contributed by atoms with Gasteiger partial charge in [-0.05, 0) is 35.4 Å². The molecule has 0 spiro atoms. The predicted molar refractivity (Wildman–Crippen MR) is 91.0 cm³/mol. The van der Waals surface area contributed by atoms with Gasteiger partial charge in [-0.15, -0.1) is 0 Å². The van der Waals surface area contributed by atoms with Gasteiger partial charge in [0.2, 0.25) is 0 Å². The summed E-state index contributed by atoms with van der Waals surface area (Å²) >= 11 is 0. The van der Waals surface area contributed by atoms with Gasteiger partial charge in [-0.1, -0.05) is 24.3 Å². The van der Waals surface area contributed by atoms with Crippen LogP contribution in [0.4, 0.5) is 13.2 Å². The number of alkyl halides is 3. The average molecular weight is 381 g/mol. The predicted octanol–water partition coefficient (Wildman–Crippen LogP) is 3.58. The molecule has 1 amide bonds. The van der Waals surface area contributed by atoms with E-state index < -0.39 is 30.2 Å². The minimum Gasteiger partial charge on any atom is -0.480 e. The molecule has 144 valence electrons. The third kappa shape index (κ3) is 5.82. The average Bonchev–Trinajstić information content (AvgIpc) is 2.60. The zero-order chi connectivity index (χ0) is 20.0. The monoisotopic (exact) mass is 381 g/mol. The molecule has 27 heavy (non-hydrogen) atoms. The molecule has 2 aromatic carbocycles. The topological polar surface area (TPSA) is 66.8 Å². The number of aliphatic carboxylic acids is 1. The van der Waals surface area contributed by atoms with E-state index in [0.717, 1.165) is 22.6 Å². The lowest BCUT2D eigenvalue weighted by molar-refractivity contribution is -0.138. The van der Waals surface area contributed by atoms with E-state index in [0.29, 0.717) is 12.2 Å². The largest absolute Gasteiger partial charge is 0.480 e. The number of hydrogen-bond donors (Lipinski definition) is 1. The van der Waals surface area contributed by atoms with Crippen molar-refractivity contribution < 1.29 is 32.6 Å². The van der Waals surface area contributed by atoms with Crippen LogP contribution in [0.25, 0.3) is 0 Å². The number of ether oxygens (including phenoxy) is 1. The van der Waals surface area contributed by atoms with Gasteiger partial charge in [-0.3, -0.25) is 9.59 Å². The second kappa shape index (κ2) is 8.68. The molecule has 0 bridgehead atoms. The molecule has 1 N–H and O–H groups in total. The molecule has 0 radical (unpaired) electrons. The molecule has 8 heteroatoms. The van der Waals surface area contributed by atoms with Crippen molar-refractivity contribution in [2.24, 2.45) is 0 Å². The molecule has 0 unspecified atom stereocenters. The van der Waals surface area contributed by atoms with E-state index in [1.807, 2.05) is 0 Å². The Bertz CT molecular complexity index is 803. The molecule has 0 aromatic heterocycles. The Morgan fingerprint density at radius 1 is 1.07 bits per heavy atom. The highest BCUT2D eigenvalue weighted by molar-refractivity contribution is 5.96. The number of methoxy groups -OCH3 is 1. The van der Waals surface area contributed by atoms with Crippen molar-refractivity contribution in [2.45, 2.75) is 19.3 Å². The van der Waals surface area contributed by atoms with Gasteiger partial charge in [0.25, 0.3) is 5.91 Å². The van der Waals surface area contributed by atoms with Crippen LogP contribution in [0.15, 0.2) is 48.5 Å². The molecule has 0 saturated heterocycles. The number of carbonyl (C=O) groups excluding carboxylic acids is 1. The Kier molecular flexibility index (Phi) is 6.57. The fourth-order valence-corrected chi connectivity index (χ4v) is 2.53. The summed E-state index contributed by atoms with van der Waals surface area (Å²) in [4.78, 5) is 24.9. The second-order valence-electron chi connectivity index (χ2n) is 5.88. The third-order valence-electron chi connectivity index (χ3n) is 3.75. The van der Waals surface area contributed by atoms with E-state index >= 15 is 0 Å². The highest BCUT2D eigenvalue weighted by Gasteiger charge is 2.30. The molecule has 0 saturated carbocycles. The molecule has 0 aliphatic carbocycles. The van der Waals surface area contributed by atoms with Gasteiger partial charge >= 0.3 is 12.1 Å². The first-order valence-corrected chi connectivity index (χ1v) is 7.96. The van der Waals surface area contributed by atoms with Gasteiger partial charge in [0.05, 0.1) is 12.2 Å². The quantitative estimate of drug-likeness (QED) is 0.796. The third-order valence-corrected chi connectivity index (χ3v) is 3.75. The van der Waals surface area contributed by atoms with Gasteiger partial charge in [0, 0.05) is 19.2 Å². The van der Waals surface area contributed by atoms with Gasteiger partial charge in [-0.2, -0.15) is 13.2 Å². The summed E-state index contributed by atoms with van der Waals surface area (Å²) in [5, 5.41) is 9.08. The van der Waals surface area contributed by atoms with Crippen molar-refractivity contribution in [3.63, 3.8) is 0 Å². The van der Waals surface area contributed by atoms with Crippen molar-refractivity contribution in [1.29, 1.82) is 0 Å². The number of amides is 1. The first-order chi connectivity index (χ1) is 12.7. The van der Waals surface area contributed by atoms with Crippen molar-refractivity contribution in [1.82, 2.24) is 4.90 Å². The number of halogens is 3. The first kappa shape index (κ1) is 20.4. The van der Waals surface area contributed by atoms with Gasteiger partial charge in [0.15, 0.2) is 0 Å². The minimum atomic E-state index is -4.46.